The molecule has 0 atom stereocenters. The zero-order valence-electron chi connectivity index (χ0n) is 20.7. The lowest BCUT2D eigenvalue weighted by Gasteiger charge is -2.14. The van der Waals surface area contributed by atoms with Crippen LogP contribution in [0.25, 0.3) is 22.3 Å². The number of hydrogen-bond donors (Lipinski definition) is 4. The van der Waals surface area contributed by atoms with Gasteiger partial charge in [0.15, 0.2) is 12.1 Å². The first-order valence-corrected chi connectivity index (χ1v) is 11.9. The molecule has 0 saturated heterocycles. The second-order valence-corrected chi connectivity index (χ2v) is 8.64. The van der Waals surface area contributed by atoms with Gasteiger partial charge in [-0.05, 0) is 52.6 Å². The van der Waals surface area contributed by atoms with Gasteiger partial charge in [-0.15, -0.1) is 0 Å². The maximum Gasteiger partial charge on any atom is 0.195 e. The van der Waals surface area contributed by atoms with Crippen molar-refractivity contribution in [3.05, 3.63) is 132 Å². The summed E-state index contributed by atoms with van der Waals surface area (Å²) < 4.78 is 0. The van der Waals surface area contributed by atoms with Crippen molar-refractivity contribution < 1.29 is 9.59 Å². The van der Waals surface area contributed by atoms with E-state index >= 15 is 0 Å². The van der Waals surface area contributed by atoms with Crippen LogP contribution in [0.1, 0.15) is 26.3 Å². The minimum Gasteiger partial charge on any atom is -0.399 e. The summed E-state index contributed by atoms with van der Waals surface area (Å²) in [5, 5.41) is 0. The molecule has 0 fully saturated rings. The maximum absolute atomic E-state index is 12.9. The first-order chi connectivity index (χ1) is 18.4. The SMILES string of the molecule is Nc1ccc(-c2ccc(N)cc2C=O)cc1.Nc1ccc(-c2ccccc2)c(C(=O)c2ccccc2)c1N. The van der Waals surface area contributed by atoms with E-state index in [1.54, 1.807) is 42.5 Å². The molecule has 0 heterocycles. The van der Waals surface area contributed by atoms with E-state index in [2.05, 4.69) is 0 Å². The highest BCUT2D eigenvalue weighted by atomic mass is 16.1. The average Bonchev–Trinajstić information content (AvgIpc) is 2.96. The minimum absolute atomic E-state index is 0.121. The number of benzene rings is 5. The Morgan fingerprint density at radius 3 is 1.76 bits per heavy atom. The van der Waals surface area contributed by atoms with Crippen LogP contribution in [-0.4, -0.2) is 12.1 Å². The van der Waals surface area contributed by atoms with E-state index in [9.17, 15) is 9.59 Å². The molecule has 6 nitrogen and oxygen atoms in total. The third kappa shape index (κ3) is 5.71. The molecule has 0 aromatic heterocycles. The molecule has 6 heteroatoms. The highest BCUT2D eigenvalue weighted by Crippen LogP contribution is 2.33. The van der Waals surface area contributed by atoms with Crippen molar-refractivity contribution in [1.29, 1.82) is 0 Å². The quantitative estimate of drug-likeness (QED) is 0.131. The second kappa shape index (κ2) is 11.6. The fourth-order valence-corrected chi connectivity index (χ4v) is 4.08. The van der Waals surface area contributed by atoms with Gasteiger partial charge >= 0.3 is 0 Å². The maximum atomic E-state index is 12.9. The highest BCUT2D eigenvalue weighted by molar-refractivity contribution is 6.17. The number of hydrogen-bond acceptors (Lipinski definition) is 6. The van der Waals surface area contributed by atoms with Crippen molar-refractivity contribution in [3.63, 3.8) is 0 Å². The van der Waals surface area contributed by atoms with Crippen LogP contribution in [0.15, 0.2) is 115 Å². The fourth-order valence-electron chi connectivity index (χ4n) is 4.08. The van der Waals surface area contributed by atoms with Crippen LogP contribution in [0.4, 0.5) is 22.7 Å². The summed E-state index contributed by atoms with van der Waals surface area (Å²) in [5.41, 5.74) is 30.5. The summed E-state index contributed by atoms with van der Waals surface area (Å²) in [7, 11) is 0. The molecule has 8 N–H and O–H groups in total. The molecule has 0 bridgehead atoms. The normalized spacial score (nSPS) is 10.2. The molecule has 38 heavy (non-hydrogen) atoms. The Bertz CT molecular complexity index is 1570. The van der Waals surface area contributed by atoms with E-state index in [0.717, 1.165) is 28.5 Å². The Labute approximate surface area is 221 Å². The van der Waals surface area contributed by atoms with Crippen LogP contribution >= 0.6 is 0 Å². The summed E-state index contributed by atoms with van der Waals surface area (Å²) in [5.74, 6) is -0.121. The fraction of sp³-hybridized carbons (Fsp3) is 0. The summed E-state index contributed by atoms with van der Waals surface area (Å²) in [6.07, 6.45) is 0.808. The number of aldehydes is 1. The standard InChI is InChI=1S/C19H16N2O.C13H12N2O/c20-16-12-11-15(13-7-3-1-4-8-13)17(18(16)21)19(22)14-9-5-2-6-10-14;14-11-3-1-9(2-4-11)13-6-5-12(15)7-10(13)8-16/h1-12H,20-21H2;1-8H,14-15H2. The number of anilines is 4. The van der Waals surface area contributed by atoms with Gasteiger partial charge in [-0.1, -0.05) is 84.9 Å². The Hall–Kier alpha value is -5.36. The van der Waals surface area contributed by atoms with Crippen LogP contribution in [0, 0.1) is 0 Å². The molecule has 0 saturated carbocycles. The van der Waals surface area contributed by atoms with Crippen LogP contribution in [0.5, 0.6) is 0 Å². The molecule has 0 aliphatic rings. The van der Waals surface area contributed by atoms with Gasteiger partial charge in [0.1, 0.15) is 0 Å². The number of rotatable bonds is 5. The van der Waals surface area contributed by atoms with E-state index in [-0.39, 0.29) is 5.78 Å². The number of carbonyl (C=O) groups is 2. The van der Waals surface area contributed by atoms with Gasteiger partial charge in [-0.25, -0.2) is 0 Å². The van der Waals surface area contributed by atoms with Crippen LogP contribution in [0.3, 0.4) is 0 Å². The predicted molar refractivity (Wildman–Crippen MR) is 157 cm³/mol. The van der Waals surface area contributed by atoms with E-state index in [4.69, 9.17) is 22.9 Å². The van der Waals surface area contributed by atoms with Crippen molar-refractivity contribution in [1.82, 2.24) is 0 Å². The van der Waals surface area contributed by atoms with Gasteiger partial charge in [-0.2, -0.15) is 0 Å². The minimum atomic E-state index is -0.121. The molecule has 0 spiro atoms. The van der Waals surface area contributed by atoms with Crippen molar-refractivity contribution in [2.45, 2.75) is 0 Å². The van der Waals surface area contributed by atoms with Crippen molar-refractivity contribution >= 4 is 34.8 Å². The van der Waals surface area contributed by atoms with Crippen LogP contribution in [-0.2, 0) is 0 Å². The highest BCUT2D eigenvalue weighted by Gasteiger charge is 2.19. The lowest BCUT2D eigenvalue weighted by Crippen LogP contribution is -2.09. The Balaban J connectivity index is 0.000000186. The molecule has 0 aliphatic heterocycles. The van der Waals surface area contributed by atoms with E-state index in [1.165, 1.54) is 0 Å². The van der Waals surface area contributed by atoms with E-state index < -0.39 is 0 Å². The third-order valence-corrected chi connectivity index (χ3v) is 6.05. The smallest absolute Gasteiger partial charge is 0.195 e. The second-order valence-electron chi connectivity index (χ2n) is 8.64. The molecular weight excluding hydrogens is 472 g/mol. The molecular formula is C32H28N4O2. The molecule has 0 radical (unpaired) electrons. The van der Waals surface area contributed by atoms with Gasteiger partial charge < -0.3 is 22.9 Å². The van der Waals surface area contributed by atoms with Crippen molar-refractivity contribution in [3.8, 4) is 22.3 Å². The molecule has 5 rings (SSSR count). The third-order valence-electron chi connectivity index (χ3n) is 6.05. The molecule has 0 aliphatic carbocycles. The Morgan fingerprint density at radius 2 is 1.13 bits per heavy atom. The predicted octanol–water partition coefficient (Wildman–Crippen LogP) is 6.08. The molecule has 5 aromatic carbocycles. The Kier molecular flexibility index (Phi) is 7.84. The van der Waals surface area contributed by atoms with Gasteiger partial charge in [0.25, 0.3) is 0 Å². The van der Waals surface area contributed by atoms with Crippen LogP contribution in [0.2, 0.25) is 0 Å². The van der Waals surface area contributed by atoms with Gasteiger partial charge in [0.2, 0.25) is 0 Å². The van der Waals surface area contributed by atoms with Crippen molar-refractivity contribution in [2.24, 2.45) is 0 Å². The first-order valence-electron chi connectivity index (χ1n) is 11.9. The molecule has 5 aromatic rings. The monoisotopic (exact) mass is 500 g/mol. The summed E-state index contributed by atoms with van der Waals surface area (Å²) in [6, 6.07) is 35.0. The number of nitrogen functional groups attached to an aromatic ring is 4. The summed E-state index contributed by atoms with van der Waals surface area (Å²) in [4.78, 5) is 23.8. The number of carbonyl (C=O) groups excluding carboxylic acids is 2. The van der Waals surface area contributed by atoms with Gasteiger partial charge in [-0.3, -0.25) is 9.59 Å². The van der Waals surface area contributed by atoms with Gasteiger partial charge in [0, 0.05) is 22.5 Å². The molecule has 0 unspecified atom stereocenters. The van der Waals surface area contributed by atoms with Crippen molar-refractivity contribution in [2.75, 3.05) is 22.9 Å². The molecule has 0 amide bonds. The average molecular weight is 501 g/mol. The molecule has 188 valence electrons. The van der Waals surface area contributed by atoms with Gasteiger partial charge in [0.05, 0.1) is 16.9 Å². The van der Waals surface area contributed by atoms with E-state index in [0.29, 0.717) is 39.4 Å². The summed E-state index contributed by atoms with van der Waals surface area (Å²) >= 11 is 0. The van der Waals surface area contributed by atoms with Crippen LogP contribution < -0.4 is 22.9 Å². The number of nitrogens with two attached hydrogens (primary N) is 4. The largest absolute Gasteiger partial charge is 0.399 e. The lowest BCUT2D eigenvalue weighted by molar-refractivity contribution is 0.103. The first kappa shape index (κ1) is 25.7. The summed E-state index contributed by atoms with van der Waals surface area (Å²) in [6.45, 7) is 0. The van der Waals surface area contributed by atoms with E-state index in [1.807, 2.05) is 72.8 Å². The Morgan fingerprint density at radius 1 is 0.579 bits per heavy atom. The lowest BCUT2D eigenvalue weighted by atomic mass is 9.92. The zero-order valence-corrected chi connectivity index (χ0v) is 20.7. The topological polar surface area (TPSA) is 138 Å². The number of ketones is 1. The zero-order chi connectivity index (χ0) is 27.1.